The lowest BCUT2D eigenvalue weighted by molar-refractivity contribution is 0.787. The lowest BCUT2D eigenvalue weighted by atomic mass is 9.52. The molecule has 1 nitrogen and oxygen atoms in total. The third kappa shape index (κ3) is 2.16. The highest BCUT2D eigenvalue weighted by atomic mass is 15.0. The van der Waals surface area contributed by atoms with Gasteiger partial charge in [0.15, 0.2) is 0 Å². The molecule has 2 heteroatoms. The fourth-order valence-corrected chi connectivity index (χ4v) is 2.04. The van der Waals surface area contributed by atoms with Crippen LogP contribution in [0.15, 0.2) is 78.5 Å². The number of benzene rings is 1. The highest BCUT2D eigenvalue weighted by molar-refractivity contribution is 6.71. The monoisotopic (exact) mass is 229 g/mol. The van der Waals surface area contributed by atoms with Gasteiger partial charge in [-0.2, -0.15) is 0 Å². The van der Waals surface area contributed by atoms with Gasteiger partial charge in [-0.25, -0.2) is 0 Å². The predicted molar refractivity (Wildman–Crippen MR) is 76.4 cm³/mol. The first-order valence-electron chi connectivity index (χ1n) is 6.01. The zero-order chi connectivity index (χ0) is 12.2. The molecular weight excluding hydrogens is 217 g/mol. The number of nitrogens with zero attached hydrogens (tertiary/aromatic N) is 1. The van der Waals surface area contributed by atoms with Gasteiger partial charge in [-0.1, -0.05) is 48.2 Å². The van der Waals surface area contributed by atoms with Crippen LogP contribution in [-0.4, -0.2) is 11.7 Å². The molecule has 1 aromatic rings. The summed E-state index contributed by atoms with van der Waals surface area (Å²) in [5.74, 6) is 8.64. The molecule has 0 spiro atoms. The Bertz CT molecular complexity index is 611. The summed E-state index contributed by atoms with van der Waals surface area (Å²) in [4.78, 5) is 2.16. The van der Waals surface area contributed by atoms with Crippen molar-refractivity contribution in [1.82, 2.24) is 4.81 Å². The maximum Gasteiger partial charge on any atom is 0.328 e. The zero-order valence-electron chi connectivity index (χ0n) is 9.95. The predicted octanol–water partition coefficient (Wildman–Crippen LogP) is 2.95. The lowest BCUT2D eigenvalue weighted by Crippen LogP contribution is -2.34. The average molecular weight is 229 g/mol. The van der Waals surface area contributed by atoms with Gasteiger partial charge in [0.2, 0.25) is 0 Å². The molecule has 1 aromatic carbocycles. The Balaban J connectivity index is 1.87. The molecule has 0 saturated heterocycles. The fraction of sp³-hybridized carbons (Fsp3) is 0. The van der Waals surface area contributed by atoms with Crippen LogP contribution in [0, 0.1) is 11.8 Å². The van der Waals surface area contributed by atoms with Gasteiger partial charge in [-0.3, -0.25) is 0 Å². The standard InChI is InChI=1S/C16H12BN/c1-2-7-15(8-3-1)10-11-16-9-6-14-18-13-5-4-12-17(16)18/h1-9,12-14H. The third-order valence-corrected chi connectivity index (χ3v) is 2.96. The maximum absolute atomic E-state index is 3.27. The molecule has 0 radical (unpaired) electrons. The molecule has 18 heavy (non-hydrogen) atoms. The van der Waals surface area contributed by atoms with Crippen LogP contribution >= 0.6 is 0 Å². The highest BCUT2D eigenvalue weighted by Gasteiger charge is 2.23. The molecule has 0 bridgehead atoms. The van der Waals surface area contributed by atoms with E-state index in [9.17, 15) is 0 Å². The molecule has 2 aliphatic heterocycles. The van der Waals surface area contributed by atoms with Gasteiger partial charge in [0.1, 0.15) is 0 Å². The quantitative estimate of drug-likeness (QED) is 0.488. The first kappa shape index (κ1) is 10.7. The molecule has 0 unspecified atom stereocenters. The van der Waals surface area contributed by atoms with Crippen LogP contribution in [0.4, 0.5) is 0 Å². The zero-order valence-corrected chi connectivity index (χ0v) is 9.95. The Hall–Kier alpha value is -2.40. The van der Waals surface area contributed by atoms with Crippen LogP contribution in [0.2, 0.25) is 0 Å². The molecule has 0 amide bonds. The summed E-state index contributed by atoms with van der Waals surface area (Å²) in [5.41, 5.74) is 2.18. The van der Waals surface area contributed by atoms with E-state index in [4.69, 9.17) is 0 Å². The number of hydrogen-bond donors (Lipinski definition) is 0. The lowest BCUT2D eigenvalue weighted by Gasteiger charge is -2.26. The van der Waals surface area contributed by atoms with Crippen molar-refractivity contribution >= 4 is 6.85 Å². The van der Waals surface area contributed by atoms with Gasteiger partial charge < -0.3 is 4.81 Å². The Morgan fingerprint density at radius 2 is 1.72 bits per heavy atom. The van der Waals surface area contributed by atoms with Crippen LogP contribution in [-0.2, 0) is 0 Å². The summed E-state index contributed by atoms with van der Waals surface area (Å²) in [6.45, 7) is 0.246. The molecule has 0 aromatic heterocycles. The van der Waals surface area contributed by atoms with E-state index in [1.165, 1.54) is 0 Å². The Labute approximate surface area is 108 Å². The van der Waals surface area contributed by atoms with E-state index >= 15 is 0 Å². The molecule has 0 atom stereocenters. The van der Waals surface area contributed by atoms with Crippen molar-refractivity contribution in [3.8, 4) is 11.8 Å². The van der Waals surface area contributed by atoms with Crippen molar-refractivity contribution in [2.75, 3.05) is 0 Å². The normalized spacial score (nSPS) is 15.9. The van der Waals surface area contributed by atoms with Crippen LogP contribution in [0.5, 0.6) is 0 Å². The second-order valence-corrected chi connectivity index (χ2v) is 4.20. The van der Waals surface area contributed by atoms with E-state index in [1.54, 1.807) is 0 Å². The van der Waals surface area contributed by atoms with Gasteiger partial charge >= 0.3 is 6.85 Å². The Morgan fingerprint density at radius 3 is 2.61 bits per heavy atom. The highest BCUT2D eigenvalue weighted by Crippen LogP contribution is 2.17. The second-order valence-electron chi connectivity index (χ2n) is 4.20. The van der Waals surface area contributed by atoms with E-state index in [0.717, 1.165) is 11.0 Å². The molecule has 2 heterocycles. The van der Waals surface area contributed by atoms with Crippen molar-refractivity contribution in [2.24, 2.45) is 0 Å². The summed E-state index contributed by atoms with van der Waals surface area (Å²) in [5, 5.41) is 0. The van der Waals surface area contributed by atoms with Crippen LogP contribution in [0.25, 0.3) is 0 Å². The van der Waals surface area contributed by atoms with Crippen LogP contribution < -0.4 is 0 Å². The van der Waals surface area contributed by atoms with E-state index in [1.807, 2.05) is 42.5 Å². The van der Waals surface area contributed by atoms with Crippen LogP contribution in [0.3, 0.4) is 0 Å². The van der Waals surface area contributed by atoms with Gasteiger partial charge in [0.25, 0.3) is 0 Å². The number of fused-ring (bicyclic) bond motifs is 1. The van der Waals surface area contributed by atoms with Gasteiger partial charge in [0, 0.05) is 5.56 Å². The Morgan fingerprint density at radius 1 is 0.889 bits per heavy atom. The van der Waals surface area contributed by atoms with Gasteiger partial charge in [-0.05, 0) is 42.2 Å². The van der Waals surface area contributed by atoms with Gasteiger partial charge in [-0.15, -0.1) is 0 Å². The van der Waals surface area contributed by atoms with Crippen molar-refractivity contribution in [3.63, 3.8) is 0 Å². The smallest absolute Gasteiger partial charge is 0.328 e. The molecule has 84 valence electrons. The van der Waals surface area contributed by atoms with Crippen molar-refractivity contribution < 1.29 is 0 Å². The largest absolute Gasteiger partial charge is 0.389 e. The van der Waals surface area contributed by atoms with E-state index in [-0.39, 0.29) is 6.85 Å². The minimum absolute atomic E-state index is 0.246. The summed E-state index contributed by atoms with van der Waals surface area (Å²) < 4.78 is 0. The second kappa shape index (κ2) is 4.85. The summed E-state index contributed by atoms with van der Waals surface area (Å²) in [7, 11) is 0. The minimum atomic E-state index is 0.246. The third-order valence-electron chi connectivity index (χ3n) is 2.96. The van der Waals surface area contributed by atoms with E-state index < -0.39 is 0 Å². The summed E-state index contributed by atoms with van der Waals surface area (Å²) in [6, 6.07) is 10.1. The van der Waals surface area contributed by atoms with Crippen molar-refractivity contribution in [1.29, 1.82) is 0 Å². The number of hydrogen-bond acceptors (Lipinski definition) is 1. The fourth-order valence-electron chi connectivity index (χ4n) is 2.04. The first-order chi connectivity index (χ1) is 8.93. The average Bonchev–Trinajstić information content (AvgIpc) is 2.46. The van der Waals surface area contributed by atoms with Gasteiger partial charge in [0.05, 0.1) is 0 Å². The summed E-state index contributed by atoms with van der Waals surface area (Å²) in [6.07, 6.45) is 12.4. The molecule has 0 N–H and O–H groups in total. The molecule has 0 fully saturated rings. The molecule has 0 saturated carbocycles. The first-order valence-corrected chi connectivity index (χ1v) is 6.01. The van der Waals surface area contributed by atoms with Crippen molar-refractivity contribution in [3.05, 3.63) is 84.0 Å². The Kier molecular flexibility index (Phi) is 2.89. The topological polar surface area (TPSA) is 3.24 Å². The maximum atomic E-state index is 3.27. The summed E-state index contributed by atoms with van der Waals surface area (Å²) >= 11 is 0. The molecular formula is C16H12BN. The molecule has 3 rings (SSSR count). The van der Waals surface area contributed by atoms with E-state index in [0.29, 0.717) is 0 Å². The van der Waals surface area contributed by atoms with Crippen LogP contribution in [0.1, 0.15) is 5.56 Å². The minimum Gasteiger partial charge on any atom is -0.389 e. The van der Waals surface area contributed by atoms with Crippen molar-refractivity contribution in [2.45, 2.75) is 0 Å². The molecule has 0 aliphatic carbocycles. The van der Waals surface area contributed by atoms with E-state index in [2.05, 4.69) is 47.2 Å². The number of allylic oxidation sites excluding steroid dienone is 5. The SMILES string of the molecule is C(#Cc1ccccc1)C1=CC=CN2C=CC=CB12. The molecule has 2 aliphatic rings. The number of rotatable bonds is 0.